The predicted molar refractivity (Wildman–Crippen MR) is 74.2 cm³/mol. The van der Waals surface area contributed by atoms with Gasteiger partial charge in [-0.15, -0.1) is 0 Å². The predicted octanol–water partition coefficient (Wildman–Crippen LogP) is 0.804. The van der Waals surface area contributed by atoms with E-state index < -0.39 is 10.0 Å². The Morgan fingerprint density at radius 3 is 2.30 bits per heavy atom. The number of hydrogen-bond donors (Lipinski definition) is 0. The Bertz CT molecular complexity index is 495. The summed E-state index contributed by atoms with van der Waals surface area (Å²) in [6.07, 6.45) is 2.98. The molecule has 1 rings (SSSR count). The molecule has 1 heterocycles. The van der Waals surface area contributed by atoms with Gasteiger partial charge in [-0.2, -0.15) is 4.31 Å². The first kappa shape index (κ1) is 17.3. The van der Waals surface area contributed by atoms with E-state index in [9.17, 15) is 8.42 Å². The summed E-state index contributed by atoms with van der Waals surface area (Å²) >= 11 is 5.56. The van der Waals surface area contributed by atoms with Gasteiger partial charge in [0.05, 0.1) is 19.0 Å². The molecule has 0 spiro atoms. The van der Waals surface area contributed by atoms with Crippen LogP contribution in [0, 0.1) is 0 Å². The molecule has 7 nitrogen and oxygen atoms in total. The van der Waals surface area contributed by atoms with Crippen LogP contribution in [0.4, 0.5) is 0 Å². The second-order valence-electron chi connectivity index (χ2n) is 3.93. The third-order valence-electron chi connectivity index (χ3n) is 2.54. The van der Waals surface area contributed by atoms with E-state index in [1.54, 1.807) is 7.11 Å². The largest absolute Gasteiger partial charge is 0.385 e. The van der Waals surface area contributed by atoms with Crippen molar-refractivity contribution in [1.29, 1.82) is 0 Å². The highest BCUT2D eigenvalue weighted by atomic mass is 35.5. The van der Waals surface area contributed by atoms with Crippen LogP contribution in [0.2, 0.25) is 5.28 Å². The van der Waals surface area contributed by atoms with Crippen LogP contribution < -0.4 is 0 Å². The molecule has 0 aliphatic heterocycles. The van der Waals surface area contributed by atoms with Crippen molar-refractivity contribution in [2.45, 2.75) is 11.3 Å². The fourth-order valence-electron chi connectivity index (χ4n) is 1.51. The molecule has 0 bridgehead atoms. The summed E-state index contributed by atoms with van der Waals surface area (Å²) in [4.78, 5) is 7.40. The van der Waals surface area contributed by atoms with E-state index in [1.807, 2.05) is 0 Å². The van der Waals surface area contributed by atoms with Crippen molar-refractivity contribution >= 4 is 21.6 Å². The monoisotopic (exact) mass is 323 g/mol. The summed E-state index contributed by atoms with van der Waals surface area (Å²) in [6.45, 7) is 1.38. The van der Waals surface area contributed by atoms with E-state index in [2.05, 4.69) is 9.97 Å². The summed E-state index contributed by atoms with van der Waals surface area (Å²) in [5, 5.41) is 0.00627. The van der Waals surface area contributed by atoms with Gasteiger partial charge in [-0.25, -0.2) is 18.4 Å². The lowest BCUT2D eigenvalue weighted by Gasteiger charge is -2.21. The van der Waals surface area contributed by atoms with Gasteiger partial charge in [0.15, 0.2) is 0 Å². The van der Waals surface area contributed by atoms with Crippen LogP contribution in [-0.4, -0.2) is 63.2 Å². The molecule has 1 aromatic heterocycles. The van der Waals surface area contributed by atoms with Crippen LogP contribution in [0.1, 0.15) is 6.42 Å². The Labute approximate surface area is 123 Å². The molecule has 114 valence electrons. The molecule has 0 aliphatic carbocycles. The Hall–Kier alpha value is -0.800. The van der Waals surface area contributed by atoms with Crippen molar-refractivity contribution < 1.29 is 17.9 Å². The highest BCUT2D eigenvalue weighted by molar-refractivity contribution is 7.89. The van der Waals surface area contributed by atoms with E-state index in [4.69, 9.17) is 21.1 Å². The Morgan fingerprint density at radius 2 is 1.75 bits per heavy atom. The summed E-state index contributed by atoms with van der Waals surface area (Å²) in [5.74, 6) is 0. The Morgan fingerprint density at radius 1 is 1.15 bits per heavy atom. The maximum Gasteiger partial charge on any atom is 0.246 e. The third kappa shape index (κ3) is 4.95. The van der Waals surface area contributed by atoms with Gasteiger partial charge in [-0.3, -0.25) is 0 Å². The lowest BCUT2D eigenvalue weighted by molar-refractivity contribution is 0.164. The topological polar surface area (TPSA) is 81.6 Å². The number of methoxy groups -OCH3 is 2. The number of halogens is 1. The summed E-state index contributed by atoms with van der Waals surface area (Å²) < 4.78 is 36.1. The first-order valence-corrected chi connectivity index (χ1v) is 7.79. The van der Waals surface area contributed by atoms with Crippen molar-refractivity contribution in [2.24, 2.45) is 0 Å². The number of hydrogen-bond acceptors (Lipinski definition) is 6. The van der Waals surface area contributed by atoms with Crippen LogP contribution in [-0.2, 0) is 19.5 Å². The second-order valence-corrected chi connectivity index (χ2v) is 6.21. The SMILES string of the molecule is COCCCN(CCOC)S(=O)(=O)c1cnc(Cl)nc1. The van der Waals surface area contributed by atoms with E-state index in [1.165, 1.54) is 23.8 Å². The zero-order valence-corrected chi connectivity index (χ0v) is 13.0. The van der Waals surface area contributed by atoms with Gasteiger partial charge in [-0.1, -0.05) is 0 Å². The van der Waals surface area contributed by atoms with Crippen molar-refractivity contribution in [1.82, 2.24) is 14.3 Å². The zero-order chi connectivity index (χ0) is 15.0. The Kier molecular flexibility index (Phi) is 7.31. The number of aromatic nitrogens is 2. The van der Waals surface area contributed by atoms with Gasteiger partial charge in [0.1, 0.15) is 4.90 Å². The molecule has 0 unspecified atom stereocenters. The summed E-state index contributed by atoms with van der Waals surface area (Å²) in [6, 6.07) is 0. The van der Waals surface area contributed by atoms with Gasteiger partial charge in [-0.05, 0) is 18.0 Å². The van der Waals surface area contributed by atoms with Crippen molar-refractivity contribution in [3.05, 3.63) is 17.7 Å². The average Bonchev–Trinajstić information content (AvgIpc) is 2.43. The molecular weight excluding hydrogens is 306 g/mol. The second kappa shape index (κ2) is 8.48. The van der Waals surface area contributed by atoms with Crippen LogP contribution >= 0.6 is 11.6 Å². The molecule has 0 saturated carbocycles. The van der Waals surface area contributed by atoms with E-state index >= 15 is 0 Å². The van der Waals surface area contributed by atoms with Crippen LogP contribution in [0.25, 0.3) is 0 Å². The quantitative estimate of drug-likeness (QED) is 0.494. The molecule has 0 aliphatic rings. The first-order valence-electron chi connectivity index (χ1n) is 5.98. The van der Waals surface area contributed by atoms with Crippen LogP contribution in [0.5, 0.6) is 0 Å². The molecule has 20 heavy (non-hydrogen) atoms. The fourth-order valence-corrected chi connectivity index (χ4v) is 2.97. The molecule has 0 saturated heterocycles. The minimum atomic E-state index is -3.66. The average molecular weight is 324 g/mol. The van der Waals surface area contributed by atoms with Gasteiger partial charge < -0.3 is 9.47 Å². The minimum Gasteiger partial charge on any atom is -0.385 e. The van der Waals surface area contributed by atoms with Gasteiger partial charge >= 0.3 is 0 Å². The van der Waals surface area contributed by atoms with Crippen molar-refractivity contribution in [3.8, 4) is 0 Å². The highest BCUT2D eigenvalue weighted by Gasteiger charge is 2.24. The van der Waals surface area contributed by atoms with E-state index in [0.717, 1.165) is 0 Å². The molecule has 9 heteroatoms. The first-order chi connectivity index (χ1) is 9.52. The minimum absolute atomic E-state index is 0.00627. The molecular formula is C11H18ClN3O4S. The molecule has 0 fully saturated rings. The summed E-state index contributed by atoms with van der Waals surface area (Å²) in [7, 11) is -0.567. The number of sulfonamides is 1. The fraction of sp³-hybridized carbons (Fsp3) is 0.636. The van der Waals surface area contributed by atoms with Crippen LogP contribution in [0.3, 0.4) is 0 Å². The summed E-state index contributed by atoms with van der Waals surface area (Å²) in [5.41, 5.74) is 0. The molecule has 1 aromatic rings. The number of ether oxygens (including phenoxy) is 2. The standard InChI is InChI=1S/C11H18ClN3O4S/c1-18-6-3-4-15(5-7-19-2)20(16,17)10-8-13-11(12)14-9-10/h8-9H,3-7H2,1-2H3. The molecule has 0 amide bonds. The molecule has 0 aromatic carbocycles. The third-order valence-corrected chi connectivity index (χ3v) is 4.58. The smallest absolute Gasteiger partial charge is 0.246 e. The van der Waals surface area contributed by atoms with Crippen molar-refractivity contribution in [3.63, 3.8) is 0 Å². The van der Waals surface area contributed by atoms with Crippen molar-refractivity contribution in [2.75, 3.05) is 40.5 Å². The van der Waals surface area contributed by atoms with Gasteiger partial charge in [0.25, 0.3) is 0 Å². The molecule has 0 radical (unpaired) electrons. The maximum absolute atomic E-state index is 12.5. The normalized spacial score (nSPS) is 12.0. The number of rotatable bonds is 9. The van der Waals surface area contributed by atoms with E-state index in [-0.39, 0.29) is 16.7 Å². The lowest BCUT2D eigenvalue weighted by atomic mass is 10.4. The maximum atomic E-state index is 12.5. The van der Waals surface area contributed by atoms with Gasteiger partial charge in [0, 0.05) is 33.9 Å². The van der Waals surface area contributed by atoms with Gasteiger partial charge in [0.2, 0.25) is 15.3 Å². The Balaban J connectivity index is 2.88. The highest BCUT2D eigenvalue weighted by Crippen LogP contribution is 2.15. The molecule has 0 N–H and O–H groups in total. The zero-order valence-electron chi connectivity index (χ0n) is 11.5. The number of nitrogens with zero attached hydrogens (tertiary/aromatic N) is 3. The van der Waals surface area contributed by atoms with E-state index in [0.29, 0.717) is 26.2 Å². The van der Waals surface area contributed by atoms with Crippen LogP contribution in [0.15, 0.2) is 17.3 Å². The lowest BCUT2D eigenvalue weighted by Crippen LogP contribution is -2.35. The molecule has 0 atom stereocenters.